The van der Waals surface area contributed by atoms with Crippen LogP contribution in [0.3, 0.4) is 0 Å². The molecule has 2 aromatic rings. The van der Waals surface area contributed by atoms with Crippen LogP contribution in [0.15, 0.2) is 42.5 Å². The van der Waals surface area contributed by atoms with Gasteiger partial charge in [0.05, 0.1) is 28.9 Å². The number of hydrogen-bond acceptors (Lipinski definition) is 4. The van der Waals surface area contributed by atoms with Crippen molar-refractivity contribution in [3.05, 3.63) is 64.4 Å². The molecular weight excluding hydrogens is 367 g/mol. The summed E-state index contributed by atoms with van der Waals surface area (Å²) in [6.45, 7) is 3.65. The van der Waals surface area contributed by atoms with Crippen molar-refractivity contribution >= 4 is 23.2 Å². The standard InChI is InChI=1S/C20H20ClFN4O/c21-17-3-1-2-4-19(17)24-20(27)14-26-9-7-25(8-10-26)13-16-11-15(12-23)5-6-18(16)22/h1-6,11H,7-10,13-14H2,(H,24,27). The van der Waals surface area contributed by atoms with E-state index >= 15 is 0 Å². The highest BCUT2D eigenvalue weighted by molar-refractivity contribution is 6.33. The first-order chi connectivity index (χ1) is 13.0. The Kier molecular flexibility index (Phi) is 6.40. The molecular formula is C20H20ClFN4O. The second-order valence-electron chi connectivity index (χ2n) is 6.50. The number of nitriles is 1. The molecule has 0 saturated carbocycles. The summed E-state index contributed by atoms with van der Waals surface area (Å²) >= 11 is 6.06. The molecule has 1 N–H and O–H groups in total. The number of carbonyl (C=O) groups is 1. The quantitative estimate of drug-likeness (QED) is 0.857. The van der Waals surface area contributed by atoms with Gasteiger partial charge in [-0.3, -0.25) is 14.6 Å². The Morgan fingerprint density at radius 2 is 1.85 bits per heavy atom. The van der Waals surface area contributed by atoms with Crippen LogP contribution in [0.25, 0.3) is 0 Å². The molecule has 0 bridgehead atoms. The van der Waals surface area contributed by atoms with Crippen molar-refractivity contribution < 1.29 is 9.18 Å². The van der Waals surface area contributed by atoms with Gasteiger partial charge in [0.15, 0.2) is 0 Å². The minimum Gasteiger partial charge on any atom is -0.324 e. The number of nitrogens with zero attached hydrogens (tertiary/aromatic N) is 3. The van der Waals surface area contributed by atoms with E-state index in [4.69, 9.17) is 16.9 Å². The summed E-state index contributed by atoms with van der Waals surface area (Å²) in [5, 5.41) is 12.3. The molecule has 5 nitrogen and oxygen atoms in total. The number of amides is 1. The van der Waals surface area contributed by atoms with E-state index in [2.05, 4.69) is 15.1 Å². The number of benzene rings is 2. The lowest BCUT2D eigenvalue weighted by Crippen LogP contribution is -2.48. The van der Waals surface area contributed by atoms with Crippen LogP contribution in [0.2, 0.25) is 5.02 Å². The van der Waals surface area contributed by atoms with Gasteiger partial charge in [-0.15, -0.1) is 0 Å². The van der Waals surface area contributed by atoms with Crippen molar-refractivity contribution in [2.75, 3.05) is 38.0 Å². The van der Waals surface area contributed by atoms with Crippen LogP contribution in [-0.4, -0.2) is 48.4 Å². The van der Waals surface area contributed by atoms with Gasteiger partial charge in [-0.2, -0.15) is 5.26 Å². The second kappa shape index (κ2) is 8.96. The fourth-order valence-electron chi connectivity index (χ4n) is 3.07. The average molecular weight is 387 g/mol. The molecule has 140 valence electrons. The van der Waals surface area contributed by atoms with E-state index in [0.717, 1.165) is 26.2 Å². The number of rotatable bonds is 5. The van der Waals surface area contributed by atoms with Crippen LogP contribution in [0.5, 0.6) is 0 Å². The molecule has 0 unspecified atom stereocenters. The zero-order valence-corrected chi connectivity index (χ0v) is 15.5. The molecule has 3 rings (SSSR count). The first-order valence-corrected chi connectivity index (χ1v) is 9.10. The third kappa shape index (κ3) is 5.27. The zero-order valence-electron chi connectivity index (χ0n) is 14.8. The minimum atomic E-state index is -0.296. The molecule has 1 heterocycles. The highest BCUT2D eigenvalue weighted by Gasteiger charge is 2.20. The molecule has 1 fully saturated rings. The van der Waals surface area contributed by atoms with Gasteiger partial charge in [-0.05, 0) is 30.3 Å². The molecule has 1 aliphatic rings. The summed E-state index contributed by atoms with van der Waals surface area (Å²) in [4.78, 5) is 16.4. The lowest BCUT2D eigenvalue weighted by atomic mass is 10.1. The van der Waals surface area contributed by atoms with E-state index in [1.165, 1.54) is 12.1 Å². The largest absolute Gasteiger partial charge is 0.324 e. The van der Waals surface area contributed by atoms with Gasteiger partial charge in [0, 0.05) is 38.3 Å². The van der Waals surface area contributed by atoms with E-state index < -0.39 is 0 Å². The third-order valence-corrected chi connectivity index (χ3v) is 4.88. The Labute approximate surface area is 162 Å². The molecule has 2 aromatic carbocycles. The van der Waals surface area contributed by atoms with Crippen LogP contribution in [0.4, 0.5) is 10.1 Å². The first-order valence-electron chi connectivity index (χ1n) is 8.73. The van der Waals surface area contributed by atoms with Crippen LogP contribution in [0.1, 0.15) is 11.1 Å². The predicted octanol–water partition coefficient (Wildman–Crippen LogP) is 3.11. The highest BCUT2D eigenvalue weighted by atomic mass is 35.5. The van der Waals surface area contributed by atoms with Gasteiger partial charge in [-0.1, -0.05) is 23.7 Å². The Morgan fingerprint density at radius 3 is 2.56 bits per heavy atom. The van der Waals surface area contributed by atoms with Crippen LogP contribution < -0.4 is 5.32 Å². The SMILES string of the molecule is N#Cc1ccc(F)c(CN2CCN(CC(=O)Nc3ccccc3Cl)CC2)c1. The van der Waals surface area contributed by atoms with Crippen molar-refractivity contribution in [2.24, 2.45) is 0 Å². The van der Waals surface area contributed by atoms with Gasteiger partial charge in [-0.25, -0.2) is 4.39 Å². The zero-order chi connectivity index (χ0) is 19.2. The molecule has 0 spiro atoms. The molecule has 0 aromatic heterocycles. The number of carbonyl (C=O) groups excluding carboxylic acids is 1. The average Bonchev–Trinajstić information content (AvgIpc) is 2.67. The topological polar surface area (TPSA) is 59.4 Å². The van der Waals surface area contributed by atoms with Crippen LogP contribution in [0, 0.1) is 17.1 Å². The van der Waals surface area contributed by atoms with Gasteiger partial charge in [0.25, 0.3) is 0 Å². The lowest BCUT2D eigenvalue weighted by molar-refractivity contribution is -0.117. The number of hydrogen-bond donors (Lipinski definition) is 1. The molecule has 0 radical (unpaired) electrons. The fourth-order valence-corrected chi connectivity index (χ4v) is 3.25. The van der Waals surface area contributed by atoms with Crippen molar-refractivity contribution in [1.82, 2.24) is 9.80 Å². The second-order valence-corrected chi connectivity index (χ2v) is 6.91. The number of piperazine rings is 1. The summed E-state index contributed by atoms with van der Waals surface area (Å²) in [6, 6.07) is 13.6. The summed E-state index contributed by atoms with van der Waals surface area (Å²) in [6.07, 6.45) is 0. The molecule has 27 heavy (non-hydrogen) atoms. The number of halogens is 2. The molecule has 1 saturated heterocycles. The van der Waals surface area contributed by atoms with E-state index in [1.54, 1.807) is 18.2 Å². The Balaban J connectivity index is 1.48. The van der Waals surface area contributed by atoms with E-state index in [0.29, 0.717) is 28.4 Å². The smallest absolute Gasteiger partial charge is 0.238 e. The summed E-state index contributed by atoms with van der Waals surface area (Å²) in [7, 11) is 0. The Hall–Kier alpha value is -2.46. The maximum atomic E-state index is 13.9. The lowest BCUT2D eigenvalue weighted by Gasteiger charge is -2.34. The third-order valence-electron chi connectivity index (χ3n) is 4.55. The summed E-state index contributed by atoms with van der Waals surface area (Å²) in [5.74, 6) is -0.403. The molecule has 7 heteroatoms. The highest BCUT2D eigenvalue weighted by Crippen LogP contribution is 2.20. The Morgan fingerprint density at radius 1 is 1.15 bits per heavy atom. The van der Waals surface area contributed by atoms with Gasteiger partial charge in [0.2, 0.25) is 5.91 Å². The maximum Gasteiger partial charge on any atom is 0.238 e. The monoisotopic (exact) mass is 386 g/mol. The predicted molar refractivity (Wildman–Crippen MR) is 103 cm³/mol. The van der Waals surface area contributed by atoms with Crippen molar-refractivity contribution in [3.8, 4) is 6.07 Å². The van der Waals surface area contributed by atoms with Crippen LogP contribution in [-0.2, 0) is 11.3 Å². The number of anilines is 1. The summed E-state index contributed by atoms with van der Waals surface area (Å²) in [5.41, 5.74) is 1.59. The van der Waals surface area contributed by atoms with E-state index in [-0.39, 0.29) is 18.3 Å². The van der Waals surface area contributed by atoms with E-state index in [9.17, 15) is 9.18 Å². The minimum absolute atomic E-state index is 0.107. The van der Waals surface area contributed by atoms with Gasteiger partial charge >= 0.3 is 0 Å². The van der Waals surface area contributed by atoms with Crippen LogP contribution >= 0.6 is 11.6 Å². The molecule has 0 aliphatic carbocycles. The maximum absolute atomic E-state index is 13.9. The van der Waals surface area contributed by atoms with Crippen molar-refractivity contribution in [1.29, 1.82) is 5.26 Å². The number of nitrogens with one attached hydrogen (secondary N) is 1. The summed E-state index contributed by atoms with van der Waals surface area (Å²) < 4.78 is 13.9. The van der Waals surface area contributed by atoms with Gasteiger partial charge in [0.1, 0.15) is 5.82 Å². The van der Waals surface area contributed by atoms with Gasteiger partial charge < -0.3 is 5.32 Å². The van der Waals surface area contributed by atoms with Crippen molar-refractivity contribution in [2.45, 2.75) is 6.54 Å². The number of para-hydroxylation sites is 1. The van der Waals surface area contributed by atoms with E-state index in [1.807, 2.05) is 18.2 Å². The molecule has 0 atom stereocenters. The molecule has 1 amide bonds. The molecule has 1 aliphatic heterocycles. The van der Waals surface area contributed by atoms with Crippen molar-refractivity contribution in [3.63, 3.8) is 0 Å². The fraction of sp³-hybridized carbons (Fsp3) is 0.300. The normalized spacial score (nSPS) is 15.3. The first kappa shape index (κ1) is 19.3. The Bertz CT molecular complexity index is 859.